The van der Waals surface area contributed by atoms with E-state index < -0.39 is 16.1 Å². The number of halogens is 2. The fourth-order valence-electron chi connectivity index (χ4n) is 3.00. The summed E-state index contributed by atoms with van der Waals surface area (Å²) < 4.78 is 41.2. The lowest BCUT2D eigenvalue weighted by atomic mass is 10.2. The van der Waals surface area contributed by atoms with Gasteiger partial charge in [-0.3, -0.25) is 4.79 Å². The normalized spacial score (nSPS) is 17.4. The molecule has 150 valence electrons. The van der Waals surface area contributed by atoms with E-state index in [-0.39, 0.29) is 25.5 Å². The van der Waals surface area contributed by atoms with Crippen molar-refractivity contribution in [2.45, 2.75) is 19.9 Å². The van der Waals surface area contributed by atoms with E-state index in [1.807, 2.05) is 13.0 Å². The maximum Gasteiger partial charge on any atom is 0.282 e. The van der Waals surface area contributed by atoms with Gasteiger partial charge in [0.05, 0.1) is 17.3 Å². The number of hydrogen-bond acceptors (Lipinski definition) is 3. The van der Waals surface area contributed by atoms with Gasteiger partial charge in [-0.25, -0.2) is 4.39 Å². The largest absolute Gasteiger partial charge is 0.324 e. The topological polar surface area (TPSA) is 69.7 Å². The van der Waals surface area contributed by atoms with Crippen molar-refractivity contribution in [3.05, 3.63) is 64.4 Å². The first kappa shape index (κ1) is 20.7. The third-order valence-electron chi connectivity index (χ3n) is 4.46. The molecule has 0 bridgehead atoms. The fraction of sp³-hybridized carbons (Fsp3) is 0.316. The number of nitrogens with zero attached hydrogens (tertiary/aromatic N) is 2. The highest BCUT2D eigenvalue weighted by Gasteiger charge is 2.34. The molecule has 0 radical (unpaired) electrons. The van der Waals surface area contributed by atoms with Crippen LogP contribution < -0.4 is 5.32 Å². The van der Waals surface area contributed by atoms with Gasteiger partial charge in [0.25, 0.3) is 10.2 Å². The van der Waals surface area contributed by atoms with Crippen molar-refractivity contribution < 1.29 is 17.6 Å². The summed E-state index contributed by atoms with van der Waals surface area (Å²) in [6.45, 7) is 2.32. The lowest BCUT2D eigenvalue weighted by molar-refractivity contribution is -0.116. The molecule has 1 saturated heterocycles. The fourth-order valence-corrected chi connectivity index (χ4v) is 4.92. The highest BCUT2D eigenvalue weighted by Crippen LogP contribution is 2.23. The summed E-state index contributed by atoms with van der Waals surface area (Å²) in [7, 11) is -3.80. The molecule has 0 aromatic heterocycles. The Labute approximate surface area is 169 Å². The minimum atomic E-state index is -3.80. The van der Waals surface area contributed by atoms with Crippen molar-refractivity contribution in [3.8, 4) is 0 Å². The number of nitrogens with one attached hydrogen (secondary N) is 1. The van der Waals surface area contributed by atoms with Crippen LogP contribution >= 0.6 is 11.6 Å². The summed E-state index contributed by atoms with van der Waals surface area (Å²) in [5, 5.41) is 3.05. The summed E-state index contributed by atoms with van der Waals surface area (Å²) in [4.78, 5) is 12.4. The number of benzene rings is 2. The smallest absolute Gasteiger partial charge is 0.282 e. The van der Waals surface area contributed by atoms with E-state index in [9.17, 15) is 17.6 Å². The lowest BCUT2D eigenvalue weighted by Crippen LogP contribution is -2.51. The third kappa shape index (κ3) is 4.88. The van der Waals surface area contributed by atoms with Crippen LogP contribution in [0.15, 0.2) is 42.5 Å². The van der Waals surface area contributed by atoms with E-state index >= 15 is 0 Å². The van der Waals surface area contributed by atoms with Crippen molar-refractivity contribution >= 4 is 33.4 Å². The van der Waals surface area contributed by atoms with Gasteiger partial charge in [0.2, 0.25) is 5.91 Å². The van der Waals surface area contributed by atoms with Gasteiger partial charge in [0.1, 0.15) is 5.82 Å². The quantitative estimate of drug-likeness (QED) is 0.799. The first-order chi connectivity index (χ1) is 13.3. The van der Waals surface area contributed by atoms with Crippen LogP contribution in [0.4, 0.5) is 10.1 Å². The van der Waals surface area contributed by atoms with E-state index in [4.69, 9.17) is 11.6 Å². The molecule has 0 atom stereocenters. The Bertz CT molecular complexity index is 967. The zero-order valence-electron chi connectivity index (χ0n) is 15.4. The van der Waals surface area contributed by atoms with Crippen molar-refractivity contribution in [3.63, 3.8) is 0 Å². The molecule has 1 aliphatic rings. The highest BCUT2D eigenvalue weighted by atomic mass is 35.5. The van der Waals surface area contributed by atoms with Gasteiger partial charge in [-0.1, -0.05) is 29.8 Å². The molecule has 3 rings (SSSR count). The second-order valence-electron chi connectivity index (χ2n) is 6.69. The van der Waals surface area contributed by atoms with Crippen molar-refractivity contribution in [2.24, 2.45) is 0 Å². The van der Waals surface area contributed by atoms with Gasteiger partial charge in [-0.05, 0) is 48.7 Å². The van der Waals surface area contributed by atoms with E-state index in [0.717, 1.165) is 9.87 Å². The van der Waals surface area contributed by atoms with Crippen LogP contribution in [0.5, 0.6) is 0 Å². The molecule has 0 spiro atoms. The summed E-state index contributed by atoms with van der Waals surface area (Å²) >= 11 is 6.12. The molecule has 2 aromatic rings. The molecule has 0 aliphatic carbocycles. The molecule has 1 N–H and O–H groups in total. The van der Waals surface area contributed by atoms with Gasteiger partial charge in [-0.15, -0.1) is 0 Å². The summed E-state index contributed by atoms with van der Waals surface area (Å²) in [6.07, 6.45) is 0.596. The van der Waals surface area contributed by atoms with E-state index in [2.05, 4.69) is 5.32 Å². The molecule has 9 heteroatoms. The average molecular weight is 426 g/mol. The molecular formula is C19H21ClFN3O3S. The maximum absolute atomic E-state index is 13.1. The zero-order chi connectivity index (χ0) is 20.3. The summed E-state index contributed by atoms with van der Waals surface area (Å²) in [5.74, 6) is -0.837. The first-order valence-electron chi connectivity index (χ1n) is 8.81. The molecule has 28 heavy (non-hydrogen) atoms. The van der Waals surface area contributed by atoms with Gasteiger partial charge < -0.3 is 5.32 Å². The lowest BCUT2D eigenvalue weighted by Gasteiger charge is -2.34. The maximum atomic E-state index is 13.1. The van der Waals surface area contributed by atoms with Gasteiger partial charge in [0, 0.05) is 19.6 Å². The third-order valence-corrected chi connectivity index (χ3v) is 6.70. The number of amides is 1. The number of carbonyl (C=O) groups is 1. The molecule has 2 aromatic carbocycles. The molecule has 0 saturated carbocycles. The standard InChI is InChI=1S/C19H21ClFN3O3S/c1-14-3-8-18(17(20)11-14)22-19(25)13-24-10-2-9-23(28(24,26)27)12-15-4-6-16(21)7-5-15/h3-8,11H,2,9-10,12-13H2,1H3,(H,22,25). The molecular weight excluding hydrogens is 405 g/mol. The molecule has 1 aliphatic heterocycles. The minimum absolute atomic E-state index is 0.129. The van der Waals surface area contributed by atoms with Gasteiger partial charge >= 0.3 is 0 Å². The zero-order valence-corrected chi connectivity index (χ0v) is 16.9. The second kappa shape index (κ2) is 8.57. The van der Waals surface area contributed by atoms with Crippen LogP contribution in [0.3, 0.4) is 0 Å². The Morgan fingerprint density at radius 1 is 1.14 bits per heavy atom. The van der Waals surface area contributed by atoms with Crippen LogP contribution in [-0.4, -0.2) is 42.6 Å². The number of aryl methyl sites for hydroxylation is 1. The Kier molecular flexibility index (Phi) is 6.34. The number of anilines is 1. The minimum Gasteiger partial charge on any atom is -0.324 e. The monoisotopic (exact) mass is 425 g/mol. The predicted molar refractivity (Wildman–Crippen MR) is 107 cm³/mol. The molecule has 1 amide bonds. The van der Waals surface area contributed by atoms with Gasteiger partial charge in [-0.2, -0.15) is 17.0 Å². The Balaban J connectivity index is 1.67. The van der Waals surface area contributed by atoms with E-state index in [1.54, 1.807) is 24.3 Å². The van der Waals surface area contributed by atoms with Crippen LogP contribution in [0.25, 0.3) is 0 Å². The summed E-state index contributed by atoms with van der Waals surface area (Å²) in [6, 6.07) is 10.9. The predicted octanol–water partition coefficient (Wildman–Crippen LogP) is 3.18. The van der Waals surface area contributed by atoms with Crippen molar-refractivity contribution in [1.29, 1.82) is 0 Å². The summed E-state index contributed by atoms with van der Waals surface area (Å²) in [5.41, 5.74) is 2.08. The van der Waals surface area contributed by atoms with Crippen LogP contribution in [0.1, 0.15) is 17.5 Å². The Morgan fingerprint density at radius 2 is 1.82 bits per heavy atom. The highest BCUT2D eigenvalue weighted by molar-refractivity contribution is 7.86. The number of hydrogen-bond donors (Lipinski definition) is 1. The van der Waals surface area contributed by atoms with Crippen LogP contribution in [-0.2, 0) is 21.5 Å². The van der Waals surface area contributed by atoms with E-state index in [0.29, 0.717) is 29.2 Å². The van der Waals surface area contributed by atoms with Crippen molar-refractivity contribution in [2.75, 3.05) is 25.0 Å². The van der Waals surface area contributed by atoms with Crippen molar-refractivity contribution in [1.82, 2.24) is 8.61 Å². The molecule has 6 nitrogen and oxygen atoms in total. The number of rotatable bonds is 5. The first-order valence-corrected chi connectivity index (χ1v) is 10.6. The Morgan fingerprint density at radius 3 is 2.50 bits per heavy atom. The molecule has 0 unspecified atom stereocenters. The van der Waals surface area contributed by atoms with Gasteiger partial charge in [0.15, 0.2) is 0 Å². The number of carbonyl (C=O) groups excluding carboxylic acids is 1. The molecule has 1 fully saturated rings. The van der Waals surface area contributed by atoms with Crippen LogP contribution in [0, 0.1) is 12.7 Å². The average Bonchev–Trinajstić information content (AvgIpc) is 2.63. The van der Waals surface area contributed by atoms with Crippen LogP contribution in [0.2, 0.25) is 5.02 Å². The second-order valence-corrected chi connectivity index (χ2v) is 9.02. The van der Waals surface area contributed by atoms with E-state index in [1.165, 1.54) is 16.4 Å². The SMILES string of the molecule is Cc1ccc(NC(=O)CN2CCCN(Cc3ccc(F)cc3)S2(=O)=O)c(Cl)c1. The Hall–Kier alpha value is -2.00. The molecule has 1 heterocycles.